The van der Waals surface area contributed by atoms with Crippen molar-refractivity contribution in [2.75, 3.05) is 18.9 Å². The van der Waals surface area contributed by atoms with Gasteiger partial charge in [0, 0.05) is 10.7 Å². The third-order valence-electron chi connectivity index (χ3n) is 2.41. The molecule has 0 aromatic carbocycles. The second kappa shape index (κ2) is 6.49. The molecule has 1 N–H and O–H groups in total. The van der Waals surface area contributed by atoms with Crippen LogP contribution in [-0.2, 0) is 11.3 Å². The van der Waals surface area contributed by atoms with Crippen LogP contribution in [0.25, 0.3) is 0 Å². The number of likely N-dealkylation sites (N-methyl/N-ethyl adjacent to an activating group) is 1. The van der Waals surface area contributed by atoms with Gasteiger partial charge in [0.1, 0.15) is 11.6 Å². The maximum Gasteiger partial charge on any atom is 0.239 e. The summed E-state index contributed by atoms with van der Waals surface area (Å²) in [4.78, 5) is 17.8. The fourth-order valence-electron chi connectivity index (χ4n) is 1.60. The maximum atomic E-state index is 11.8. The number of pyridine rings is 1. The van der Waals surface area contributed by atoms with E-state index in [0.29, 0.717) is 12.4 Å². The third kappa shape index (κ3) is 4.50. The molecule has 0 atom stereocenters. The summed E-state index contributed by atoms with van der Waals surface area (Å²) in [6, 6.07) is 7.28. The molecule has 0 bridgehead atoms. The highest BCUT2D eigenvalue weighted by atomic mass is 79.9. The molecule has 0 radical (unpaired) electrons. The van der Waals surface area contributed by atoms with Gasteiger partial charge in [0.2, 0.25) is 5.91 Å². The van der Waals surface area contributed by atoms with Gasteiger partial charge in [0.05, 0.1) is 19.4 Å². The van der Waals surface area contributed by atoms with Crippen molar-refractivity contribution in [1.82, 2.24) is 9.88 Å². The predicted molar refractivity (Wildman–Crippen MR) is 75.6 cm³/mol. The molecule has 0 aliphatic rings. The number of rotatable bonds is 5. The van der Waals surface area contributed by atoms with Crippen molar-refractivity contribution in [1.29, 1.82) is 0 Å². The normalized spacial score (nSPS) is 10.7. The van der Waals surface area contributed by atoms with E-state index in [4.69, 9.17) is 4.42 Å². The molecule has 2 rings (SSSR count). The SMILES string of the molecule is CN(CC(=O)Nc1ccc(Br)cn1)Cc1ccco1. The van der Waals surface area contributed by atoms with Crippen LogP contribution in [0.2, 0.25) is 0 Å². The third-order valence-corrected chi connectivity index (χ3v) is 2.88. The molecule has 0 fully saturated rings. The molecule has 1 amide bonds. The Bertz CT molecular complexity index is 525. The van der Waals surface area contributed by atoms with E-state index in [1.54, 1.807) is 18.5 Å². The Morgan fingerprint density at radius 1 is 1.47 bits per heavy atom. The molecular formula is C13H14BrN3O2. The topological polar surface area (TPSA) is 58.4 Å². The zero-order valence-corrected chi connectivity index (χ0v) is 12.1. The van der Waals surface area contributed by atoms with Gasteiger partial charge >= 0.3 is 0 Å². The Labute approximate surface area is 119 Å². The number of hydrogen-bond acceptors (Lipinski definition) is 4. The highest BCUT2D eigenvalue weighted by Gasteiger charge is 2.09. The highest BCUT2D eigenvalue weighted by molar-refractivity contribution is 9.10. The van der Waals surface area contributed by atoms with Gasteiger partial charge in [0.25, 0.3) is 0 Å². The fraction of sp³-hybridized carbons (Fsp3) is 0.231. The maximum absolute atomic E-state index is 11.8. The first-order chi connectivity index (χ1) is 9.13. The van der Waals surface area contributed by atoms with Crippen LogP contribution in [0.1, 0.15) is 5.76 Å². The lowest BCUT2D eigenvalue weighted by molar-refractivity contribution is -0.117. The smallest absolute Gasteiger partial charge is 0.239 e. The molecular weight excluding hydrogens is 310 g/mol. The number of nitrogens with one attached hydrogen (secondary N) is 1. The molecule has 0 aliphatic heterocycles. The van der Waals surface area contributed by atoms with E-state index < -0.39 is 0 Å². The van der Waals surface area contributed by atoms with Gasteiger partial charge in [-0.25, -0.2) is 4.98 Å². The lowest BCUT2D eigenvalue weighted by Gasteiger charge is -2.14. The van der Waals surface area contributed by atoms with E-state index in [1.807, 2.05) is 30.1 Å². The van der Waals surface area contributed by atoms with Gasteiger partial charge in [-0.05, 0) is 47.2 Å². The van der Waals surface area contributed by atoms with E-state index in [2.05, 4.69) is 26.2 Å². The first kappa shape index (κ1) is 13.8. The van der Waals surface area contributed by atoms with Crippen molar-refractivity contribution in [3.05, 3.63) is 47.0 Å². The van der Waals surface area contributed by atoms with Crippen molar-refractivity contribution in [2.24, 2.45) is 0 Å². The summed E-state index contributed by atoms with van der Waals surface area (Å²) >= 11 is 3.29. The summed E-state index contributed by atoms with van der Waals surface area (Å²) in [7, 11) is 1.86. The Balaban J connectivity index is 1.82. The molecule has 6 heteroatoms. The minimum absolute atomic E-state index is 0.108. The van der Waals surface area contributed by atoms with Crippen LogP contribution >= 0.6 is 15.9 Å². The van der Waals surface area contributed by atoms with Crippen LogP contribution in [0.5, 0.6) is 0 Å². The summed E-state index contributed by atoms with van der Waals surface area (Å²) in [6.07, 6.45) is 3.26. The number of aromatic nitrogens is 1. The molecule has 0 saturated carbocycles. The summed E-state index contributed by atoms with van der Waals surface area (Å²) < 4.78 is 6.10. The molecule has 100 valence electrons. The number of furan rings is 1. The lowest BCUT2D eigenvalue weighted by Crippen LogP contribution is -2.29. The van der Waals surface area contributed by atoms with Crippen LogP contribution in [0.4, 0.5) is 5.82 Å². The standard InChI is InChI=1S/C13H14BrN3O2/c1-17(8-11-3-2-6-19-11)9-13(18)16-12-5-4-10(14)7-15-12/h2-7H,8-9H2,1H3,(H,15,16,18). The van der Waals surface area contributed by atoms with Crippen LogP contribution in [0.15, 0.2) is 45.6 Å². The number of nitrogens with zero attached hydrogens (tertiary/aromatic N) is 2. The van der Waals surface area contributed by atoms with Gasteiger partial charge in [-0.15, -0.1) is 0 Å². The number of carbonyl (C=O) groups is 1. The molecule has 5 nitrogen and oxygen atoms in total. The number of amides is 1. The molecule has 2 aromatic rings. The van der Waals surface area contributed by atoms with Crippen molar-refractivity contribution in [3.63, 3.8) is 0 Å². The average Bonchev–Trinajstić information content (AvgIpc) is 2.84. The van der Waals surface area contributed by atoms with Crippen molar-refractivity contribution >= 4 is 27.7 Å². The summed E-state index contributed by atoms with van der Waals surface area (Å²) in [5.41, 5.74) is 0. The quantitative estimate of drug-likeness (QED) is 0.918. The molecule has 0 aliphatic carbocycles. The zero-order valence-electron chi connectivity index (χ0n) is 10.5. The van der Waals surface area contributed by atoms with E-state index in [1.165, 1.54) is 0 Å². The number of hydrogen-bond donors (Lipinski definition) is 1. The minimum Gasteiger partial charge on any atom is -0.468 e. The van der Waals surface area contributed by atoms with E-state index in [9.17, 15) is 4.79 Å². The molecule has 0 saturated heterocycles. The Hall–Kier alpha value is -1.66. The van der Waals surface area contributed by atoms with Crippen molar-refractivity contribution in [3.8, 4) is 0 Å². The van der Waals surface area contributed by atoms with Gasteiger partial charge in [-0.1, -0.05) is 0 Å². The largest absolute Gasteiger partial charge is 0.468 e. The first-order valence-corrected chi connectivity index (χ1v) is 6.55. The van der Waals surface area contributed by atoms with Gasteiger partial charge in [0.15, 0.2) is 0 Å². The Morgan fingerprint density at radius 2 is 2.32 bits per heavy atom. The second-order valence-corrected chi connectivity index (χ2v) is 5.08. The lowest BCUT2D eigenvalue weighted by atomic mass is 10.4. The number of anilines is 1. The molecule has 0 unspecified atom stereocenters. The first-order valence-electron chi connectivity index (χ1n) is 5.76. The average molecular weight is 324 g/mol. The Kier molecular flexibility index (Phi) is 4.70. The monoisotopic (exact) mass is 323 g/mol. The number of halogens is 1. The molecule has 2 aromatic heterocycles. The van der Waals surface area contributed by atoms with Crippen LogP contribution < -0.4 is 5.32 Å². The zero-order chi connectivity index (χ0) is 13.7. The van der Waals surface area contributed by atoms with Crippen molar-refractivity contribution in [2.45, 2.75) is 6.54 Å². The summed E-state index contributed by atoms with van der Waals surface area (Å²) in [5, 5.41) is 2.74. The van der Waals surface area contributed by atoms with Crippen LogP contribution in [0, 0.1) is 0 Å². The fourth-order valence-corrected chi connectivity index (χ4v) is 1.84. The minimum atomic E-state index is -0.108. The Morgan fingerprint density at radius 3 is 2.95 bits per heavy atom. The molecule has 2 heterocycles. The van der Waals surface area contributed by atoms with Gasteiger partial charge in [-0.3, -0.25) is 9.69 Å². The highest BCUT2D eigenvalue weighted by Crippen LogP contribution is 2.10. The molecule has 19 heavy (non-hydrogen) atoms. The summed E-state index contributed by atoms with van der Waals surface area (Å²) in [6.45, 7) is 0.868. The van der Waals surface area contributed by atoms with Gasteiger partial charge < -0.3 is 9.73 Å². The second-order valence-electron chi connectivity index (χ2n) is 4.16. The predicted octanol–water partition coefficient (Wildman–Crippen LogP) is 2.51. The molecule has 0 spiro atoms. The van der Waals surface area contributed by atoms with E-state index in [-0.39, 0.29) is 12.5 Å². The van der Waals surface area contributed by atoms with Gasteiger partial charge in [-0.2, -0.15) is 0 Å². The van der Waals surface area contributed by atoms with E-state index >= 15 is 0 Å². The van der Waals surface area contributed by atoms with Crippen molar-refractivity contribution < 1.29 is 9.21 Å². The summed E-state index contributed by atoms with van der Waals surface area (Å²) in [5.74, 6) is 1.26. The van der Waals surface area contributed by atoms with Crippen LogP contribution in [0.3, 0.4) is 0 Å². The number of carbonyl (C=O) groups excluding carboxylic acids is 1. The van der Waals surface area contributed by atoms with Crippen LogP contribution in [-0.4, -0.2) is 29.4 Å². The van der Waals surface area contributed by atoms with E-state index in [0.717, 1.165) is 10.2 Å².